The molecule has 68 heavy (non-hydrogen) atoms. The van der Waals surface area contributed by atoms with Crippen molar-refractivity contribution in [2.75, 3.05) is 13.2 Å². The van der Waals surface area contributed by atoms with Crippen molar-refractivity contribution < 1.29 is 24.5 Å². The number of esters is 1. The highest BCUT2D eigenvalue weighted by atomic mass is 16.5. The van der Waals surface area contributed by atoms with Crippen molar-refractivity contribution in [2.24, 2.45) is 0 Å². The van der Waals surface area contributed by atoms with Gasteiger partial charge in [-0.05, 0) is 57.8 Å². The van der Waals surface area contributed by atoms with Crippen LogP contribution in [0.5, 0.6) is 0 Å². The summed E-state index contributed by atoms with van der Waals surface area (Å²) < 4.78 is 5.46. The molecule has 1 amide bonds. The predicted octanol–water partition coefficient (Wildman–Crippen LogP) is 19.0. The van der Waals surface area contributed by atoms with Gasteiger partial charge in [-0.3, -0.25) is 9.59 Å². The number of nitrogens with one attached hydrogen (secondary N) is 1. The fourth-order valence-electron chi connectivity index (χ4n) is 9.51. The first-order valence-corrected chi connectivity index (χ1v) is 30.6. The highest BCUT2D eigenvalue weighted by Gasteiger charge is 2.18. The Hall–Kier alpha value is -1.66. The van der Waals surface area contributed by atoms with Gasteiger partial charge in [0.15, 0.2) is 0 Å². The van der Waals surface area contributed by atoms with Crippen molar-refractivity contribution in [1.29, 1.82) is 0 Å². The second kappa shape index (κ2) is 57.9. The van der Waals surface area contributed by atoms with Crippen molar-refractivity contribution in [1.82, 2.24) is 5.32 Å². The van der Waals surface area contributed by atoms with E-state index in [2.05, 4.69) is 31.3 Å². The largest absolute Gasteiger partial charge is 0.466 e. The van der Waals surface area contributed by atoms with Crippen molar-refractivity contribution in [2.45, 2.75) is 347 Å². The average Bonchev–Trinajstić information content (AvgIpc) is 3.34. The minimum atomic E-state index is -0.862. The Balaban J connectivity index is 3.51. The van der Waals surface area contributed by atoms with E-state index in [1.165, 1.54) is 238 Å². The minimum Gasteiger partial charge on any atom is -0.466 e. The summed E-state index contributed by atoms with van der Waals surface area (Å²) in [5.41, 5.74) is 0. The smallest absolute Gasteiger partial charge is 0.305 e. The van der Waals surface area contributed by atoms with E-state index in [0.29, 0.717) is 19.4 Å². The maximum absolute atomic E-state index is 12.5. The number of carbonyl (C=O) groups excluding carboxylic acids is 2. The number of aliphatic hydroxyl groups is 2. The van der Waals surface area contributed by atoms with E-state index in [1.54, 1.807) is 6.08 Å². The molecule has 2 atom stereocenters. The van der Waals surface area contributed by atoms with Crippen LogP contribution in [0.1, 0.15) is 335 Å². The van der Waals surface area contributed by atoms with Crippen molar-refractivity contribution in [3.8, 4) is 0 Å². The molecule has 0 aromatic rings. The van der Waals surface area contributed by atoms with Crippen LogP contribution in [0.2, 0.25) is 0 Å². The summed E-state index contributed by atoms with van der Waals surface area (Å²) in [4.78, 5) is 24.5. The highest BCUT2D eigenvalue weighted by Crippen LogP contribution is 2.17. The molecule has 0 heterocycles. The van der Waals surface area contributed by atoms with Crippen molar-refractivity contribution in [3.05, 3.63) is 24.3 Å². The Morgan fingerprint density at radius 2 is 0.691 bits per heavy atom. The molecule has 0 aliphatic carbocycles. The number of rotatable bonds is 57. The van der Waals surface area contributed by atoms with E-state index in [1.807, 2.05) is 6.08 Å². The van der Waals surface area contributed by atoms with E-state index < -0.39 is 12.1 Å². The second-order valence-electron chi connectivity index (χ2n) is 21.0. The molecule has 0 aromatic carbocycles. The number of aliphatic hydroxyl groups excluding tert-OH is 2. The molecule has 6 nitrogen and oxygen atoms in total. The normalized spacial score (nSPS) is 12.7. The summed E-state index contributed by atoms with van der Waals surface area (Å²) in [5, 5.41) is 23.2. The topological polar surface area (TPSA) is 95.9 Å². The van der Waals surface area contributed by atoms with E-state index in [4.69, 9.17) is 4.74 Å². The molecule has 0 bridgehead atoms. The maximum Gasteiger partial charge on any atom is 0.305 e. The van der Waals surface area contributed by atoms with Gasteiger partial charge in [-0.25, -0.2) is 0 Å². The zero-order valence-electron chi connectivity index (χ0n) is 45.9. The Kier molecular flexibility index (Phi) is 56.5. The molecular weight excluding hydrogens is 839 g/mol. The number of hydrogen-bond donors (Lipinski definition) is 3. The molecule has 0 aromatic heterocycles. The van der Waals surface area contributed by atoms with Gasteiger partial charge in [0.05, 0.1) is 25.4 Å². The number of ether oxygens (including phenoxy) is 1. The summed E-state index contributed by atoms with van der Waals surface area (Å²) in [6.07, 6.45) is 70.7. The first-order valence-electron chi connectivity index (χ1n) is 30.6. The molecule has 0 aliphatic rings. The molecule has 0 spiro atoms. The zero-order valence-corrected chi connectivity index (χ0v) is 45.9. The molecule has 0 saturated carbocycles. The number of hydrogen-bond acceptors (Lipinski definition) is 5. The van der Waals surface area contributed by atoms with E-state index >= 15 is 0 Å². The van der Waals surface area contributed by atoms with Crippen LogP contribution in [-0.4, -0.2) is 47.4 Å². The Bertz CT molecular complexity index is 1060. The fraction of sp³-hybridized carbons (Fsp3) is 0.903. The molecule has 3 N–H and O–H groups in total. The molecule has 0 fully saturated rings. The van der Waals surface area contributed by atoms with Crippen LogP contribution in [0.3, 0.4) is 0 Å². The van der Waals surface area contributed by atoms with Gasteiger partial charge < -0.3 is 20.3 Å². The number of carbonyl (C=O) groups is 2. The first kappa shape index (κ1) is 66.3. The van der Waals surface area contributed by atoms with Crippen LogP contribution in [0.4, 0.5) is 0 Å². The molecule has 0 rings (SSSR count). The molecule has 0 aliphatic heterocycles. The monoisotopic (exact) mass is 958 g/mol. The molecule has 6 heteroatoms. The average molecular weight is 959 g/mol. The lowest BCUT2D eigenvalue weighted by Gasteiger charge is -2.19. The van der Waals surface area contributed by atoms with Crippen LogP contribution in [0, 0.1) is 0 Å². The summed E-state index contributed by atoms with van der Waals surface area (Å²) in [6, 6.07) is -0.649. The lowest BCUT2D eigenvalue weighted by Crippen LogP contribution is -2.45. The SMILES string of the molecule is CCCCCCCCCCCCCCCCCCCCCCCCC/C=C/C(O)C(CO)NC(=O)CCCCC/C=C\CCCCCCCCOC(=O)CCCCCCCCCCCCCCC. The van der Waals surface area contributed by atoms with Crippen LogP contribution >= 0.6 is 0 Å². The standard InChI is InChI=1S/C62H119NO5/c1-3-5-7-9-11-13-15-17-18-19-20-21-22-23-24-25-26-27-28-31-34-38-42-46-50-54-60(65)59(58-64)63-61(66)55-51-47-43-39-35-32-29-33-37-41-45-49-53-57-68-62(67)56-52-48-44-40-36-30-16-14-12-10-8-6-4-2/h32,35,50,54,59-60,64-65H,3-31,33-34,36-49,51-53,55-58H2,1-2H3,(H,63,66)/b35-32-,54-50+. The van der Waals surface area contributed by atoms with Gasteiger partial charge in [0, 0.05) is 12.8 Å². The van der Waals surface area contributed by atoms with Crippen LogP contribution < -0.4 is 5.32 Å². The zero-order chi connectivity index (χ0) is 49.3. The van der Waals surface area contributed by atoms with E-state index in [-0.39, 0.29) is 18.5 Å². The van der Waals surface area contributed by atoms with Crippen LogP contribution in [-0.2, 0) is 14.3 Å². The number of allylic oxidation sites excluding steroid dienone is 3. The van der Waals surface area contributed by atoms with Gasteiger partial charge in [0.1, 0.15) is 0 Å². The Morgan fingerprint density at radius 1 is 0.397 bits per heavy atom. The van der Waals surface area contributed by atoms with Gasteiger partial charge >= 0.3 is 5.97 Å². The molecular formula is C62H119NO5. The number of amides is 1. The Labute approximate surface area is 424 Å². The maximum atomic E-state index is 12.5. The molecule has 0 radical (unpaired) electrons. The van der Waals surface area contributed by atoms with E-state index in [9.17, 15) is 19.8 Å². The number of unbranched alkanes of at least 4 members (excludes halogenated alkanes) is 44. The van der Waals surface area contributed by atoms with Gasteiger partial charge in [-0.15, -0.1) is 0 Å². The molecule has 0 saturated heterocycles. The van der Waals surface area contributed by atoms with Gasteiger partial charge in [-0.1, -0.05) is 289 Å². The third kappa shape index (κ3) is 53.7. The Morgan fingerprint density at radius 3 is 1.06 bits per heavy atom. The van der Waals surface area contributed by atoms with Crippen molar-refractivity contribution in [3.63, 3.8) is 0 Å². The minimum absolute atomic E-state index is 0.0118. The van der Waals surface area contributed by atoms with Gasteiger partial charge in [0.25, 0.3) is 0 Å². The summed E-state index contributed by atoms with van der Waals surface area (Å²) in [7, 11) is 0. The predicted molar refractivity (Wildman–Crippen MR) is 296 cm³/mol. The molecule has 2 unspecified atom stereocenters. The molecule has 402 valence electrons. The fourth-order valence-corrected chi connectivity index (χ4v) is 9.51. The third-order valence-electron chi connectivity index (χ3n) is 14.2. The van der Waals surface area contributed by atoms with E-state index in [0.717, 1.165) is 70.6 Å². The van der Waals surface area contributed by atoms with Crippen molar-refractivity contribution >= 4 is 11.9 Å². The van der Waals surface area contributed by atoms with Gasteiger partial charge in [0.2, 0.25) is 5.91 Å². The van der Waals surface area contributed by atoms with Gasteiger partial charge in [-0.2, -0.15) is 0 Å². The highest BCUT2D eigenvalue weighted by molar-refractivity contribution is 5.76. The summed E-state index contributed by atoms with van der Waals surface area (Å²) >= 11 is 0. The summed E-state index contributed by atoms with van der Waals surface area (Å²) in [5.74, 6) is -0.106. The van der Waals surface area contributed by atoms with Crippen LogP contribution in [0.25, 0.3) is 0 Å². The lowest BCUT2D eigenvalue weighted by molar-refractivity contribution is -0.143. The first-order chi connectivity index (χ1) is 33.5. The third-order valence-corrected chi connectivity index (χ3v) is 14.2. The second-order valence-corrected chi connectivity index (χ2v) is 21.0. The quantitative estimate of drug-likeness (QED) is 0.0321. The van der Waals surface area contributed by atoms with Crippen LogP contribution in [0.15, 0.2) is 24.3 Å². The lowest BCUT2D eigenvalue weighted by atomic mass is 10.0. The summed E-state index contributed by atoms with van der Waals surface area (Å²) in [6.45, 7) is 4.88.